The lowest BCUT2D eigenvalue weighted by Crippen LogP contribution is -1.85. The molecule has 0 aliphatic carbocycles. The van der Waals surface area contributed by atoms with E-state index in [4.69, 9.17) is 39.5 Å². The summed E-state index contributed by atoms with van der Waals surface area (Å²) in [4.78, 5) is 4.30. The molecule has 0 N–H and O–H groups in total. The van der Waals surface area contributed by atoms with Gasteiger partial charge in [-0.05, 0) is 29.8 Å². The zero-order valence-electron chi connectivity index (χ0n) is 10.0. The number of rotatable bonds is 3. The number of benzene rings is 2. The SMILES string of the molecule is COc1cccc(C=Nc2cc(Cl)c(Cl)cc2Cl)c1. The molecule has 0 bridgehead atoms. The van der Waals surface area contributed by atoms with Gasteiger partial charge in [0.1, 0.15) is 5.75 Å². The van der Waals surface area contributed by atoms with Crippen LogP contribution >= 0.6 is 34.8 Å². The lowest BCUT2D eigenvalue weighted by atomic mass is 10.2. The first kappa shape index (κ1) is 14.2. The van der Waals surface area contributed by atoms with Crippen LogP contribution in [0.5, 0.6) is 5.75 Å². The zero-order chi connectivity index (χ0) is 13.8. The van der Waals surface area contributed by atoms with Gasteiger partial charge in [0.2, 0.25) is 0 Å². The third-order valence-corrected chi connectivity index (χ3v) is 3.46. The standard InChI is InChI=1S/C14H10Cl3NO/c1-19-10-4-2-3-9(5-10)8-18-14-7-12(16)11(15)6-13(14)17/h2-8H,1H3. The topological polar surface area (TPSA) is 21.6 Å². The summed E-state index contributed by atoms with van der Waals surface area (Å²) < 4.78 is 5.14. The van der Waals surface area contributed by atoms with Gasteiger partial charge in [-0.15, -0.1) is 0 Å². The fourth-order valence-corrected chi connectivity index (χ4v) is 2.07. The fourth-order valence-electron chi connectivity index (χ4n) is 1.48. The summed E-state index contributed by atoms with van der Waals surface area (Å²) in [5.41, 5.74) is 1.47. The number of hydrogen-bond donors (Lipinski definition) is 0. The van der Waals surface area contributed by atoms with Gasteiger partial charge in [-0.2, -0.15) is 0 Å². The maximum Gasteiger partial charge on any atom is 0.119 e. The molecular weight excluding hydrogens is 305 g/mol. The molecule has 98 valence electrons. The largest absolute Gasteiger partial charge is 0.497 e. The highest BCUT2D eigenvalue weighted by Crippen LogP contribution is 2.33. The second-order valence-corrected chi connectivity index (χ2v) is 4.97. The molecule has 0 atom stereocenters. The van der Waals surface area contributed by atoms with Gasteiger partial charge >= 0.3 is 0 Å². The number of ether oxygens (including phenoxy) is 1. The summed E-state index contributed by atoms with van der Waals surface area (Å²) in [6.45, 7) is 0. The number of aliphatic imine (C=N–C) groups is 1. The van der Waals surface area contributed by atoms with Crippen molar-refractivity contribution >= 4 is 46.7 Å². The molecule has 0 unspecified atom stereocenters. The van der Waals surface area contributed by atoms with Crippen LogP contribution in [0, 0.1) is 0 Å². The van der Waals surface area contributed by atoms with Gasteiger partial charge in [-0.3, -0.25) is 4.99 Å². The summed E-state index contributed by atoms with van der Waals surface area (Å²) in [5.74, 6) is 0.768. The number of hydrogen-bond acceptors (Lipinski definition) is 2. The number of halogens is 3. The van der Waals surface area contributed by atoms with Crippen LogP contribution in [-0.4, -0.2) is 13.3 Å². The second-order valence-electron chi connectivity index (χ2n) is 3.75. The van der Waals surface area contributed by atoms with Crippen molar-refractivity contribution in [1.82, 2.24) is 0 Å². The second kappa shape index (κ2) is 6.29. The van der Waals surface area contributed by atoms with E-state index in [-0.39, 0.29) is 0 Å². The molecule has 19 heavy (non-hydrogen) atoms. The normalized spacial score (nSPS) is 10.9. The van der Waals surface area contributed by atoms with Crippen molar-refractivity contribution in [3.8, 4) is 5.75 Å². The average molecular weight is 315 g/mol. The van der Waals surface area contributed by atoms with Crippen molar-refractivity contribution in [3.63, 3.8) is 0 Å². The molecule has 0 aliphatic rings. The van der Waals surface area contributed by atoms with Gasteiger partial charge in [-0.1, -0.05) is 46.9 Å². The number of nitrogens with zero attached hydrogens (tertiary/aromatic N) is 1. The van der Waals surface area contributed by atoms with E-state index in [9.17, 15) is 0 Å². The van der Waals surface area contributed by atoms with E-state index in [2.05, 4.69) is 4.99 Å². The highest BCUT2D eigenvalue weighted by atomic mass is 35.5. The quantitative estimate of drug-likeness (QED) is 0.548. The number of methoxy groups -OCH3 is 1. The average Bonchev–Trinajstić information content (AvgIpc) is 2.41. The Bertz CT molecular complexity index is 626. The molecule has 2 nitrogen and oxygen atoms in total. The van der Waals surface area contributed by atoms with Gasteiger partial charge < -0.3 is 4.74 Å². The maximum absolute atomic E-state index is 6.04. The Labute approximate surface area is 126 Å². The van der Waals surface area contributed by atoms with Gasteiger partial charge in [-0.25, -0.2) is 0 Å². The van der Waals surface area contributed by atoms with Crippen LogP contribution in [0.3, 0.4) is 0 Å². The van der Waals surface area contributed by atoms with Crippen molar-refractivity contribution < 1.29 is 4.74 Å². The molecule has 2 aromatic carbocycles. The van der Waals surface area contributed by atoms with Crippen molar-refractivity contribution in [2.45, 2.75) is 0 Å². The van der Waals surface area contributed by atoms with Crippen LogP contribution in [0.25, 0.3) is 0 Å². The highest BCUT2D eigenvalue weighted by molar-refractivity contribution is 6.43. The minimum atomic E-state index is 0.409. The molecule has 0 saturated carbocycles. The Morgan fingerprint density at radius 2 is 1.74 bits per heavy atom. The first-order valence-corrected chi connectivity index (χ1v) is 6.56. The van der Waals surface area contributed by atoms with Crippen molar-refractivity contribution in [2.24, 2.45) is 4.99 Å². The molecule has 0 saturated heterocycles. The summed E-state index contributed by atoms with van der Waals surface area (Å²) >= 11 is 17.8. The minimum Gasteiger partial charge on any atom is -0.497 e. The predicted octanol–water partition coefficient (Wildman–Crippen LogP) is 5.41. The molecule has 2 rings (SSSR count). The lowest BCUT2D eigenvalue weighted by molar-refractivity contribution is 0.415. The molecular formula is C14H10Cl3NO. The molecule has 2 aromatic rings. The minimum absolute atomic E-state index is 0.409. The molecule has 0 fully saturated rings. The van der Waals surface area contributed by atoms with E-state index in [1.807, 2.05) is 24.3 Å². The first-order chi connectivity index (χ1) is 9.10. The third-order valence-electron chi connectivity index (χ3n) is 2.44. The maximum atomic E-state index is 6.04. The smallest absolute Gasteiger partial charge is 0.119 e. The molecule has 0 amide bonds. The van der Waals surface area contributed by atoms with Gasteiger partial charge in [0.05, 0.1) is 27.9 Å². The van der Waals surface area contributed by atoms with Crippen LogP contribution in [0.2, 0.25) is 15.1 Å². The van der Waals surface area contributed by atoms with E-state index in [0.717, 1.165) is 11.3 Å². The molecule has 5 heteroatoms. The Morgan fingerprint density at radius 3 is 2.47 bits per heavy atom. The predicted molar refractivity (Wildman–Crippen MR) is 81.7 cm³/mol. The summed E-state index contributed by atoms with van der Waals surface area (Å²) in [6, 6.07) is 10.7. The molecule has 0 aliphatic heterocycles. The van der Waals surface area contributed by atoms with E-state index in [0.29, 0.717) is 20.8 Å². The van der Waals surface area contributed by atoms with Crippen LogP contribution in [0.15, 0.2) is 41.4 Å². The van der Waals surface area contributed by atoms with E-state index in [1.54, 1.807) is 25.5 Å². The molecule has 0 spiro atoms. The Balaban J connectivity index is 2.29. The summed E-state index contributed by atoms with van der Waals surface area (Å²) in [5, 5.41) is 1.28. The van der Waals surface area contributed by atoms with Gasteiger partial charge in [0.15, 0.2) is 0 Å². The van der Waals surface area contributed by atoms with Crippen LogP contribution in [0.1, 0.15) is 5.56 Å². The van der Waals surface area contributed by atoms with Gasteiger partial charge in [0.25, 0.3) is 0 Å². The summed E-state index contributed by atoms with van der Waals surface area (Å²) in [6.07, 6.45) is 1.69. The molecule has 0 aromatic heterocycles. The van der Waals surface area contributed by atoms with Crippen molar-refractivity contribution in [3.05, 3.63) is 57.0 Å². The zero-order valence-corrected chi connectivity index (χ0v) is 12.3. The molecule has 0 radical (unpaired) electrons. The van der Waals surface area contributed by atoms with Crippen LogP contribution in [-0.2, 0) is 0 Å². The van der Waals surface area contributed by atoms with Gasteiger partial charge in [0, 0.05) is 6.21 Å². The van der Waals surface area contributed by atoms with E-state index in [1.165, 1.54) is 0 Å². The monoisotopic (exact) mass is 313 g/mol. The van der Waals surface area contributed by atoms with Crippen molar-refractivity contribution in [1.29, 1.82) is 0 Å². The molecule has 0 heterocycles. The fraction of sp³-hybridized carbons (Fsp3) is 0.0714. The third kappa shape index (κ3) is 3.63. The van der Waals surface area contributed by atoms with Crippen molar-refractivity contribution in [2.75, 3.05) is 7.11 Å². The highest BCUT2D eigenvalue weighted by Gasteiger charge is 2.04. The van der Waals surface area contributed by atoms with Crippen LogP contribution < -0.4 is 4.74 Å². The Hall–Kier alpha value is -1.22. The lowest BCUT2D eigenvalue weighted by Gasteiger charge is -2.02. The van der Waals surface area contributed by atoms with E-state index < -0.39 is 0 Å². The Morgan fingerprint density at radius 1 is 1.00 bits per heavy atom. The Kier molecular flexibility index (Phi) is 4.70. The van der Waals surface area contributed by atoms with Crippen LogP contribution in [0.4, 0.5) is 5.69 Å². The first-order valence-electron chi connectivity index (χ1n) is 5.43. The van der Waals surface area contributed by atoms with E-state index >= 15 is 0 Å². The summed E-state index contributed by atoms with van der Waals surface area (Å²) in [7, 11) is 1.62.